The summed E-state index contributed by atoms with van der Waals surface area (Å²) in [5.41, 5.74) is 2.87. The number of ether oxygens (including phenoxy) is 1. The van der Waals surface area contributed by atoms with Gasteiger partial charge >= 0.3 is 0 Å². The lowest BCUT2D eigenvalue weighted by Crippen LogP contribution is -2.03. The maximum absolute atomic E-state index is 12.4. The van der Waals surface area contributed by atoms with E-state index in [1.807, 2.05) is 19.1 Å². The van der Waals surface area contributed by atoms with E-state index in [1.54, 1.807) is 37.4 Å². The number of methoxy groups -OCH3 is 1. The first kappa shape index (κ1) is 16.9. The van der Waals surface area contributed by atoms with E-state index in [0.29, 0.717) is 28.3 Å². The van der Waals surface area contributed by atoms with Gasteiger partial charge in [-0.05, 0) is 49.4 Å². The second kappa shape index (κ2) is 7.67. The molecule has 2 aromatic rings. The largest absolute Gasteiger partial charge is 0.497 e. The number of hydrogen-bond acceptors (Lipinski definition) is 2. The monoisotopic (exact) mass is 324 g/mol. The van der Waals surface area contributed by atoms with Gasteiger partial charge in [-0.25, -0.2) is 0 Å². The topological polar surface area (TPSA) is 26.3 Å². The summed E-state index contributed by atoms with van der Waals surface area (Å²) >= 11 is 5.86. The summed E-state index contributed by atoms with van der Waals surface area (Å²) in [5, 5.41) is 0.664. The molecule has 0 unspecified atom stereocenters. The highest BCUT2D eigenvalue weighted by molar-refractivity contribution is 6.30. The number of carbonyl (C=O) groups is 1. The van der Waals surface area contributed by atoms with Gasteiger partial charge in [-0.1, -0.05) is 35.6 Å². The van der Waals surface area contributed by atoms with Crippen LogP contribution < -0.4 is 4.74 Å². The van der Waals surface area contributed by atoms with Crippen molar-refractivity contribution in [3.05, 3.63) is 76.3 Å². The van der Waals surface area contributed by atoms with Gasteiger partial charge in [0.2, 0.25) is 0 Å². The Morgan fingerprint density at radius 1 is 1.17 bits per heavy atom. The molecule has 0 heterocycles. The minimum atomic E-state index is -0.0168. The molecule has 116 valence electrons. The molecule has 0 aliphatic heterocycles. The minimum absolute atomic E-state index is 0.0168. The van der Waals surface area contributed by atoms with Crippen LogP contribution in [0.15, 0.2) is 54.6 Å². The van der Waals surface area contributed by atoms with Gasteiger partial charge in [0.15, 0.2) is 5.78 Å². The molecule has 2 nitrogen and oxygen atoms in total. The van der Waals surface area contributed by atoms with Gasteiger partial charge < -0.3 is 4.74 Å². The predicted octanol–water partition coefficient (Wildman–Crippen LogP) is 4.90. The quantitative estimate of drug-likeness (QED) is 0.454. The van der Waals surface area contributed by atoms with Gasteiger partial charge in [-0.15, -0.1) is 0 Å². The van der Waals surface area contributed by atoms with Crippen molar-refractivity contribution in [2.24, 2.45) is 0 Å². The molecule has 0 aliphatic carbocycles. The van der Waals surface area contributed by atoms with Gasteiger partial charge in [-0.3, -0.25) is 4.79 Å². The third-order valence-corrected chi connectivity index (χ3v) is 3.43. The van der Waals surface area contributed by atoms with Crippen molar-refractivity contribution in [3.8, 4) is 17.6 Å². The molecule has 0 amide bonds. The summed E-state index contributed by atoms with van der Waals surface area (Å²) in [4.78, 5) is 12.4. The van der Waals surface area contributed by atoms with E-state index in [0.717, 1.165) is 11.1 Å². The molecule has 2 aromatic carbocycles. The van der Waals surface area contributed by atoms with E-state index in [2.05, 4.69) is 18.4 Å². The molecule has 0 saturated carbocycles. The maximum atomic E-state index is 12.4. The minimum Gasteiger partial charge on any atom is -0.497 e. The Kier molecular flexibility index (Phi) is 5.62. The summed E-state index contributed by atoms with van der Waals surface area (Å²) in [6, 6.07) is 12.6. The molecule has 0 aliphatic rings. The van der Waals surface area contributed by atoms with Crippen molar-refractivity contribution in [1.29, 1.82) is 0 Å². The second-order valence-electron chi connectivity index (χ2n) is 5.23. The molecule has 0 spiro atoms. The fraction of sp³-hybridized carbons (Fsp3) is 0.150. The number of hydrogen-bond donors (Lipinski definition) is 0. The Bertz CT molecular complexity index is 793. The van der Waals surface area contributed by atoms with Crippen molar-refractivity contribution < 1.29 is 9.53 Å². The lowest BCUT2D eigenvalue weighted by atomic mass is 9.99. The standard InChI is InChI=1S/C20H17ClO2/c1-14(2)12-20(22)19-13-18(23-3)11-8-16(19)7-4-15-5-9-17(21)10-6-15/h5-6,8-11,13H,1,12H2,2-3H3. The highest BCUT2D eigenvalue weighted by Gasteiger charge is 2.12. The summed E-state index contributed by atoms with van der Waals surface area (Å²) in [7, 11) is 1.57. The van der Waals surface area contributed by atoms with E-state index in [9.17, 15) is 4.79 Å². The third kappa shape index (κ3) is 4.74. The molecule has 0 N–H and O–H groups in total. The fourth-order valence-electron chi connectivity index (χ4n) is 2.03. The molecule has 0 radical (unpaired) electrons. The average Bonchev–Trinajstić information content (AvgIpc) is 2.53. The van der Waals surface area contributed by atoms with Crippen LogP contribution in [0.1, 0.15) is 34.8 Å². The predicted molar refractivity (Wildman–Crippen MR) is 94.2 cm³/mol. The van der Waals surface area contributed by atoms with Crippen molar-refractivity contribution in [1.82, 2.24) is 0 Å². The van der Waals surface area contributed by atoms with E-state index in [4.69, 9.17) is 16.3 Å². The first-order valence-electron chi connectivity index (χ1n) is 7.13. The number of Topliss-reactive ketones (excluding diaryl/α,β-unsaturated/α-hetero) is 1. The number of halogens is 1. The third-order valence-electron chi connectivity index (χ3n) is 3.18. The van der Waals surface area contributed by atoms with Crippen LogP contribution >= 0.6 is 11.6 Å². The van der Waals surface area contributed by atoms with E-state index in [1.165, 1.54) is 0 Å². The van der Waals surface area contributed by atoms with Crippen molar-refractivity contribution in [3.63, 3.8) is 0 Å². The van der Waals surface area contributed by atoms with Gasteiger partial charge in [0, 0.05) is 28.1 Å². The second-order valence-corrected chi connectivity index (χ2v) is 5.66. The first-order valence-corrected chi connectivity index (χ1v) is 7.50. The van der Waals surface area contributed by atoms with Crippen LogP contribution in [0.25, 0.3) is 0 Å². The lowest BCUT2D eigenvalue weighted by molar-refractivity contribution is 0.0992. The zero-order valence-corrected chi connectivity index (χ0v) is 13.9. The smallest absolute Gasteiger partial charge is 0.168 e. The van der Waals surface area contributed by atoms with Crippen LogP contribution in [0.4, 0.5) is 0 Å². The van der Waals surface area contributed by atoms with E-state index in [-0.39, 0.29) is 5.78 Å². The van der Waals surface area contributed by atoms with Gasteiger partial charge in [0.25, 0.3) is 0 Å². The zero-order valence-electron chi connectivity index (χ0n) is 13.2. The lowest BCUT2D eigenvalue weighted by Gasteiger charge is -2.07. The number of benzene rings is 2. The van der Waals surface area contributed by atoms with Gasteiger partial charge in [0.05, 0.1) is 7.11 Å². The highest BCUT2D eigenvalue weighted by Crippen LogP contribution is 2.20. The Labute approximate surface area is 141 Å². The Balaban J connectivity index is 2.39. The molecular formula is C20H17ClO2. The molecule has 0 aromatic heterocycles. The van der Waals surface area contributed by atoms with Crippen LogP contribution in [0.2, 0.25) is 5.02 Å². The number of rotatable bonds is 4. The van der Waals surface area contributed by atoms with Crippen LogP contribution in [-0.4, -0.2) is 12.9 Å². The molecular weight excluding hydrogens is 308 g/mol. The Morgan fingerprint density at radius 2 is 1.87 bits per heavy atom. The molecule has 0 fully saturated rings. The fourth-order valence-corrected chi connectivity index (χ4v) is 2.16. The summed E-state index contributed by atoms with van der Waals surface area (Å²) < 4.78 is 5.20. The number of carbonyl (C=O) groups excluding carboxylic acids is 1. The van der Waals surface area contributed by atoms with E-state index >= 15 is 0 Å². The van der Waals surface area contributed by atoms with Crippen molar-refractivity contribution in [2.45, 2.75) is 13.3 Å². The molecule has 0 saturated heterocycles. The maximum Gasteiger partial charge on any atom is 0.168 e. The zero-order chi connectivity index (χ0) is 16.8. The highest BCUT2D eigenvalue weighted by atomic mass is 35.5. The Morgan fingerprint density at radius 3 is 2.48 bits per heavy atom. The number of allylic oxidation sites excluding steroid dienone is 1. The Hall–Kier alpha value is -2.50. The summed E-state index contributed by atoms with van der Waals surface area (Å²) in [5.74, 6) is 6.72. The SMILES string of the molecule is C=C(C)CC(=O)c1cc(OC)ccc1C#Cc1ccc(Cl)cc1. The van der Waals surface area contributed by atoms with Crippen molar-refractivity contribution in [2.75, 3.05) is 7.11 Å². The van der Waals surface area contributed by atoms with Crippen LogP contribution in [0.5, 0.6) is 5.75 Å². The first-order chi connectivity index (χ1) is 11.0. The van der Waals surface area contributed by atoms with Gasteiger partial charge in [0.1, 0.15) is 5.75 Å². The number of ketones is 1. The molecule has 0 atom stereocenters. The summed E-state index contributed by atoms with van der Waals surface area (Å²) in [6.45, 7) is 5.62. The van der Waals surface area contributed by atoms with Crippen LogP contribution in [-0.2, 0) is 0 Å². The van der Waals surface area contributed by atoms with Crippen LogP contribution in [0.3, 0.4) is 0 Å². The van der Waals surface area contributed by atoms with Gasteiger partial charge in [-0.2, -0.15) is 0 Å². The molecule has 23 heavy (non-hydrogen) atoms. The van der Waals surface area contributed by atoms with Crippen LogP contribution in [0, 0.1) is 11.8 Å². The molecule has 0 bridgehead atoms. The normalized spacial score (nSPS) is 9.70. The molecule has 2 rings (SSSR count). The van der Waals surface area contributed by atoms with E-state index < -0.39 is 0 Å². The average molecular weight is 325 g/mol. The molecule has 3 heteroatoms. The van der Waals surface area contributed by atoms with Crippen molar-refractivity contribution >= 4 is 17.4 Å². The summed E-state index contributed by atoms with van der Waals surface area (Å²) in [6.07, 6.45) is 0.294.